The van der Waals surface area contributed by atoms with Crippen LogP contribution >= 0.6 is 0 Å². The van der Waals surface area contributed by atoms with Crippen molar-refractivity contribution in [2.24, 2.45) is 5.73 Å². The molecule has 0 saturated heterocycles. The Hall–Kier alpha value is -1.71. The number of phenolic OH excluding ortho intramolecular Hbond substituents is 1. The molecule has 0 aliphatic carbocycles. The molecule has 3 N–H and O–H groups in total. The number of phenols is 1. The first kappa shape index (κ1) is 11.4. The van der Waals surface area contributed by atoms with Gasteiger partial charge in [-0.25, -0.2) is 0 Å². The van der Waals surface area contributed by atoms with Crippen molar-refractivity contribution in [2.75, 3.05) is 18.5 Å². The summed E-state index contributed by atoms with van der Waals surface area (Å²) in [6.07, 6.45) is 1.15. The third kappa shape index (κ3) is 3.89. The van der Waals surface area contributed by atoms with Crippen LogP contribution in [0.5, 0.6) is 5.75 Å². The van der Waals surface area contributed by atoms with E-state index in [2.05, 4.69) is 0 Å². The number of carbonyl (C=O) groups is 1. The van der Waals surface area contributed by atoms with Crippen molar-refractivity contribution < 1.29 is 9.90 Å². The number of hydrogen-bond donors (Lipinski definition) is 2. The lowest BCUT2D eigenvalue weighted by Crippen LogP contribution is -2.20. The number of hydrogen-bond acceptors (Lipinski definition) is 3. The van der Waals surface area contributed by atoms with E-state index < -0.39 is 0 Å². The molecule has 1 aromatic rings. The minimum atomic E-state index is -0.269. The quantitative estimate of drug-likeness (QED) is 0.761. The average molecular weight is 208 g/mol. The van der Waals surface area contributed by atoms with Crippen molar-refractivity contribution in [1.29, 1.82) is 0 Å². The third-order valence-electron chi connectivity index (χ3n) is 2.21. The first-order valence-corrected chi connectivity index (χ1v) is 4.88. The van der Waals surface area contributed by atoms with Gasteiger partial charge in [-0.15, -0.1) is 0 Å². The summed E-state index contributed by atoms with van der Waals surface area (Å²) in [6, 6.07) is 6.94. The average Bonchev–Trinajstić information content (AvgIpc) is 2.18. The molecule has 15 heavy (non-hydrogen) atoms. The highest BCUT2D eigenvalue weighted by Gasteiger charge is 2.01. The molecule has 0 aliphatic heterocycles. The van der Waals surface area contributed by atoms with Gasteiger partial charge in [0.05, 0.1) is 0 Å². The molecule has 0 aliphatic rings. The van der Waals surface area contributed by atoms with Crippen molar-refractivity contribution in [1.82, 2.24) is 0 Å². The lowest BCUT2D eigenvalue weighted by Gasteiger charge is -2.18. The fourth-order valence-electron chi connectivity index (χ4n) is 1.33. The summed E-state index contributed by atoms with van der Waals surface area (Å²) in [6.45, 7) is 0.772. The van der Waals surface area contributed by atoms with Gasteiger partial charge in [0, 0.05) is 25.7 Å². The van der Waals surface area contributed by atoms with Gasteiger partial charge in [0.15, 0.2) is 0 Å². The zero-order valence-corrected chi connectivity index (χ0v) is 8.81. The standard InChI is InChI=1S/C11H16N2O2/c1-13(8-2-3-11(12)15)9-4-6-10(14)7-5-9/h4-7,14H,2-3,8H2,1H3,(H2,12,15). The van der Waals surface area contributed by atoms with Crippen molar-refractivity contribution in [3.05, 3.63) is 24.3 Å². The highest BCUT2D eigenvalue weighted by molar-refractivity contribution is 5.73. The fraction of sp³-hybridized carbons (Fsp3) is 0.364. The molecule has 0 fully saturated rings. The van der Waals surface area contributed by atoms with Crippen molar-refractivity contribution >= 4 is 11.6 Å². The Balaban J connectivity index is 2.43. The highest BCUT2D eigenvalue weighted by atomic mass is 16.3. The highest BCUT2D eigenvalue weighted by Crippen LogP contribution is 2.17. The maximum absolute atomic E-state index is 10.5. The third-order valence-corrected chi connectivity index (χ3v) is 2.21. The summed E-state index contributed by atoms with van der Waals surface area (Å²) < 4.78 is 0. The first-order valence-electron chi connectivity index (χ1n) is 4.88. The van der Waals surface area contributed by atoms with Gasteiger partial charge >= 0.3 is 0 Å². The lowest BCUT2D eigenvalue weighted by molar-refractivity contribution is -0.118. The fourth-order valence-corrected chi connectivity index (χ4v) is 1.33. The smallest absolute Gasteiger partial charge is 0.217 e. The molecular weight excluding hydrogens is 192 g/mol. The van der Waals surface area contributed by atoms with Crippen molar-refractivity contribution in [3.8, 4) is 5.75 Å². The molecule has 4 heteroatoms. The largest absolute Gasteiger partial charge is 0.508 e. The predicted molar refractivity (Wildman–Crippen MR) is 59.8 cm³/mol. The number of primary amides is 1. The van der Waals surface area contributed by atoms with Crippen LogP contribution in [0, 0.1) is 0 Å². The minimum Gasteiger partial charge on any atom is -0.508 e. The Morgan fingerprint density at radius 1 is 1.40 bits per heavy atom. The number of benzene rings is 1. The topological polar surface area (TPSA) is 66.6 Å². The van der Waals surface area contributed by atoms with Crippen LogP contribution in [-0.4, -0.2) is 24.6 Å². The molecule has 1 rings (SSSR count). The predicted octanol–water partition coefficient (Wildman–Crippen LogP) is 1.09. The van der Waals surface area contributed by atoms with Gasteiger partial charge in [-0.2, -0.15) is 0 Å². The number of carbonyl (C=O) groups excluding carboxylic acids is 1. The molecular formula is C11H16N2O2. The number of aromatic hydroxyl groups is 1. The SMILES string of the molecule is CN(CCCC(N)=O)c1ccc(O)cc1. The second-order valence-electron chi connectivity index (χ2n) is 3.51. The van der Waals surface area contributed by atoms with Crippen LogP contribution in [0.2, 0.25) is 0 Å². The maximum atomic E-state index is 10.5. The molecule has 4 nitrogen and oxygen atoms in total. The molecule has 82 valence electrons. The van der Waals surface area contributed by atoms with E-state index in [-0.39, 0.29) is 11.7 Å². The van der Waals surface area contributed by atoms with Crippen molar-refractivity contribution in [2.45, 2.75) is 12.8 Å². The molecule has 0 saturated carbocycles. The van der Waals surface area contributed by atoms with Crippen LogP contribution in [0.4, 0.5) is 5.69 Å². The Labute approximate surface area is 89.3 Å². The van der Waals surface area contributed by atoms with E-state index in [1.165, 1.54) is 0 Å². The normalized spacial score (nSPS) is 9.93. The maximum Gasteiger partial charge on any atom is 0.217 e. The first-order chi connectivity index (χ1) is 7.09. The Morgan fingerprint density at radius 2 is 2.00 bits per heavy atom. The molecule has 0 atom stereocenters. The molecule has 0 bridgehead atoms. The molecule has 0 unspecified atom stereocenters. The van der Waals surface area contributed by atoms with Crippen LogP contribution in [0.1, 0.15) is 12.8 Å². The van der Waals surface area contributed by atoms with Gasteiger partial charge in [0.25, 0.3) is 0 Å². The number of rotatable bonds is 5. The van der Waals surface area contributed by atoms with E-state index in [9.17, 15) is 4.79 Å². The number of nitrogens with two attached hydrogens (primary N) is 1. The van der Waals surface area contributed by atoms with Gasteiger partial charge < -0.3 is 15.7 Å². The van der Waals surface area contributed by atoms with Gasteiger partial charge in [0.1, 0.15) is 5.75 Å². The number of nitrogens with zero attached hydrogens (tertiary/aromatic N) is 1. The number of amides is 1. The van der Waals surface area contributed by atoms with E-state index in [1.807, 2.05) is 24.1 Å². The van der Waals surface area contributed by atoms with Crippen LogP contribution in [-0.2, 0) is 4.79 Å². The minimum absolute atomic E-state index is 0.254. The van der Waals surface area contributed by atoms with Gasteiger partial charge in [-0.05, 0) is 30.7 Å². The zero-order chi connectivity index (χ0) is 11.3. The summed E-state index contributed by atoms with van der Waals surface area (Å²) >= 11 is 0. The van der Waals surface area contributed by atoms with Crippen LogP contribution in [0.15, 0.2) is 24.3 Å². The molecule has 1 aromatic carbocycles. The summed E-state index contributed by atoms with van der Waals surface area (Å²) in [5.74, 6) is -0.0154. The molecule has 0 aromatic heterocycles. The van der Waals surface area contributed by atoms with Gasteiger partial charge in [-0.3, -0.25) is 4.79 Å². The van der Waals surface area contributed by atoms with Crippen LogP contribution < -0.4 is 10.6 Å². The molecule has 1 amide bonds. The number of anilines is 1. The van der Waals surface area contributed by atoms with E-state index in [4.69, 9.17) is 10.8 Å². The van der Waals surface area contributed by atoms with Crippen LogP contribution in [0.3, 0.4) is 0 Å². The second-order valence-corrected chi connectivity index (χ2v) is 3.51. The lowest BCUT2D eigenvalue weighted by atomic mass is 10.2. The summed E-state index contributed by atoms with van der Waals surface area (Å²) in [7, 11) is 1.94. The van der Waals surface area contributed by atoms with Gasteiger partial charge in [-0.1, -0.05) is 0 Å². The van der Waals surface area contributed by atoms with E-state index in [1.54, 1.807) is 12.1 Å². The zero-order valence-electron chi connectivity index (χ0n) is 8.81. The Morgan fingerprint density at radius 3 is 2.53 bits per heavy atom. The second kappa shape index (κ2) is 5.24. The summed E-state index contributed by atoms with van der Waals surface area (Å²) in [5, 5.41) is 9.11. The Kier molecular flexibility index (Phi) is 3.97. The van der Waals surface area contributed by atoms with Crippen molar-refractivity contribution in [3.63, 3.8) is 0 Å². The van der Waals surface area contributed by atoms with Crippen LogP contribution in [0.25, 0.3) is 0 Å². The molecule has 0 spiro atoms. The summed E-state index contributed by atoms with van der Waals surface area (Å²) in [5.41, 5.74) is 6.06. The van der Waals surface area contributed by atoms with E-state index >= 15 is 0 Å². The van der Waals surface area contributed by atoms with E-state index in [0.717, 1.165) is 18.7 Å². The summed E-state index contributed by atoms with van der Waals surface area (Å²) in [4.78, 5) is 12.5. The van der Waals surface area contributed by atoms with Gasteiger partial charge in [0.2, 0.25) is 5.91 Å². The van der Waals surface area contributed by atoms with E-state index in [0.29, 0.717) is 6.42 Å². The molecule has 0 radical (unpaired) electrons. The Bertz CT molecular complexity index is 322. The molecule has 0 heterocycles. The monoisotopic (exact) mass is 208 g/mol.